The summed E-state index contributed by atoms with van der Waals surface area (Å²) < 4.78 is 1.82. The smallest absolute Gasteiger partial charge is 0.315 e. The molecule has 1 aliphatic carbocycles. The summed E-state index contributed by atoms with van der Waals surface area (Å²) >= 11 is 1.44. The molecule has 0 spiro atoms. The van der Waals surface area contributed by atoms with E-state index in [1.807, 2.05) is 23.2 Å². The van der Waals surface area contributed by atoms with Crippen LogP contribution in [0.1, 0.15) is 44.9 Å². The predicted octanol–water partition coefficient (Wildman–Crippen LogP) is 1.93. The van der Waals surface area contributed by atoms with Crippen molar-refractivity contribution in [1.29, 1.82) is 0 Å². The lowest BCUT2D eigenvalue weighted by Gasteiger charge is -2.22. The molecular formula is C15H24N4O2S. The molecule has 6 nitrogen and oxygen atoms in total. The Labute approximate surface area is 134 Å². The minimum Gasteiger partial charge on any atom is -0.338 e. The molecule has 3 amide bonds. The van der Waals surface area contributed by atoms with E-state index in [0.29, 0.717) is 30.2 Å². The Morgan fingerprint density at radius 3 is 2.82 bits per heavy atom. The fraction of sp³-hybridized carbons (Fsp3) is 0.667. The Kier molecular flexibility index (Phi) is 6.64. The van der Waals surface area contributed by atoms with Gasteiger partial charge in [-0.3, -0.25) is 4.79 Å². The molecule has 0 saturated heterocycles. The van der Waals surface area contributed by atoms with Crippen molar-refractivity contribution in [2.45, 2.75) is 51.0 Å². The highest BCUT2D eigenvalue weighted by Gasteiger charge is 2.15. The van der Waals surface area contributed by atoms with Crippen LogP contribution < -0.4 is 15.4 Å². The van der Waals surface area contributed by atoms with E-state index in [2.05, 4.69) is 15.6 Å². The van der Waals surface area contributed by atoms with Crippen LogP contribution in [-0.2, 0) is 11.8 Å². The van der Waals surface area contributed by atoms with Gasteiger partial charge >= 0.3 is 6.03 Å². The van der Waals surface area contributed by atoms with Gasteiger partial charge in [-0.25, -0.2) is 4.79 Å². The van der Waals surface area contributed by atoms with Crippen molar-refractivity contribution in [3.63, 3.8) is 0 Å². The van der Waals surface area contributed by atoms with Crippen LogP contribution in [0.3, 0.4) is 0 Å². The van der Waals surface area contributed by atoms with Gasteiger partial charge in [-0.2, -0.15) is 4.99 Å². The van der Waals surface area contributed by atoms with Crippen LogP contribution in [0.4, 0.5) is 4.79 Å². The number of nitrogens with zero attached hydrogens (tertiary/aromatic N) is 2. The van der Waals surface area contributed by atoms with Crippen LogP contribution in [-0.4, -0.2) is 29.1 Å². The molecule has 1 aliphatic rings. The van der Waals surface area contributed by atoms with Crippen molar-refractivity contribution < 1.29 is 9.59 Å². The van der Waals surface area contributed by atoms with E-state index in [-0.39, 0.29) is 11.9 Å². The molecule has 122 valence electrons. The van der Waals surface area contributed by atoms with E-state index in [9.17, 15) is 9.59 Å². The molecule has 2 rings (SSSR count). The Balaban J connectivity index is 1.61. The minimum atomic E-state index is -0.146. The Bertz CT molecular complexity index is 558. The maximum absolute atomic E-state index is 11.7. The number of thiazole rings is 1. The lowest BCUT2D eigenvalue weighted by Crippen LogP contribution is -2.43. The second-order valence-electron chi connectivity index (χ2n) is 5.64. The van der Waals surface area contributed by atoms with E-state index in [0.717, 1.165) is 12.8 Å². The van der Waals surface area contributed by atoms with E-state index >= 15 is 0 Å². The number of rotatable bonds is 5. The van der Waals surface area contributed by atoms with E-state index in [4.69, 9.17) is 0 Å². The molecule has 0 atom stereocenters. The number of hydrogen-bond acceptors (Lipinski definition) is 3. The van der Waals surface area contributed by atoms with Crippen molar-refractivity contribution >= 4 is 23.3 Å². The third kappa shape index (κ3) is 5.63. The summed E-state index contributed by atoms with van der Waals surface area (Å²) in [7, 11) is 1.86. The van der Waals surface area contributed by atoms with Gasteiger partial charge < -0.3 is 15.2 Å². The van der Waals surface area contributed by atoms with Crippen molar-refractivity contribution in [2.75, 3.05) is 6.54 Å². The minimum absolute atomic E-state index is 0.124. The van der Waals surface area contributed by atoms with Crippen LogP contribution >= 0.6 is 11.3 Å². The summed E-state index contributed by atoms with van der Waals surface area (Å²) in [4.78, 5) is 28.2. The average molecular weight is 324 g/mol. The molecule has 0 radical (unpaired) electrons. The summed E-state index contributed by atoms with van der Waals surface area (Å²) in [6.07, 6.45) is 8.63. The maximum atomic E-state index is 11.7. The summed E-state index contributed by atoms with van der Waals surface area (Å²) in [6, 6.07) is 0.185. The quantitative estimate of drug-likeness (QED) is 0.812. The normalized spacial score (nSPS) is 16.5. The molecule has 1 heterocycles. The molecule has 7 heteroatoms. The summed E-state index contributed by atoms with van der Waals surface area (Å²) in [5, 5.41) is 7.69. The largest absolute Gasteiger partial charge is 0.338 e. The van der Waals surface area contributed by atoms with Gasteiger partial charge in [0.1, 0.15) is 0 Å². The fourth-order valence-corrected chi connectivity index (χ4v) is 3.27. The van der Waals surface area contributed by atoms with Crippen molar-refractivity contribution in [1.82, 2.24) is 15.2 Å². The van der Waals surface area contributed by atoms with Gasteiger partial charge in [0.15, 0.2) is 4.80 Å². The first-order valence-electron chi connectivity index (χ1n) is 7.87. The molecule has 0 bridgehead atoms. The summed E-state index contributed by atoms with van der Waals surface area (Å²) in [6.45, 7) is 0.496. The topological polar surface area (TPSA) is 75.5 Å². The lowest BCUT2D eigenvalue weighted by atomic mass is 9.96. The zero-order chi connectivity index (χ0) is 15.8. The lowest BCUT2D eigenvalue weighted by molar-refractivity contribution is -0.118. The third-order valence-electron chi connectivity index (χ3n) is 3.77. The highest BCUT2D eigenvalue weighted by molar-refractivity contribution is 7.07. The van der Waals surface area contributed by atoms with E-state index in [1.54, 1.807) is 0 Å². The van der Waals surface area contributed by atoms with Gasteiger partial charge in [0.25, 0.3) is 0 Å². The molecule has 1 saturated carbocycles. The number of carbonyl (C=O) groups excluding carboxylic acids is 2. The van der Waals surface area contributed by atoms with Gasteiger partial charge in [0.2, 0.25) is 5.91 Å². The SMILES string of the molecule is Cn1ccsc1=NC(=O)CCCNC(=O)NC1CCCCC1. The molecule has 0 unspecified atom stereocenters. The molecular weight excluding hydrogens is 300 g/mol. The highest BCUT2D eigenvalue weighted by atomic mass is 32.1. The first kappa shape index (κ1) is 16.7. The Morgan fingerprint density at radius 2 is 2.14 bits per heavy atom. The standard InChI is InChI=1S/C15H24N4O2S/c1-19-10-11-22-15(19)18-13(20)8-5-9-16-14(21)17-12-6-3-2-4-7-12/h10-12H,2-9H2,1H3,(H2,16,17,21). The van der Waals surface area contributed by atoms with Crippen molar-refractivity contribution in [3.8, 4) is 0 Å². The maximum Gasteiger partial charge on any atom is 0.315 e. The van der Waals surface area contributed by atoms with Gasteiger partial charge in [-0.05, 0) is 19.3 Å². The molecule has 0 aromatic carbocycles. The number of carbonyl (C=O) groups is 2. The van der Waals surface area contributed by atoms with Crippen LogP contribution in [0.15, 0.2) is 16.6 Å². The molecule has 1 aromatic rings. The number of nitrogens with one attached hydrogen (secondary N) is 2. The predicted molar refractivity (Wildman–Crippen MR) is 86.5 cm³/mol. The van der Waals surface area contributed by atoms with Gasteiger partial charge in [0.05, 0.1) is 0 Å². The van der Waals surface area contributed by atoms with Crippen molar-refractivity contribution in [3.05, 3.63) is 16.4 Å². The van der Waals surface area contributed by atoms with Crippen LogP contribution in [0.2, 0.25) is 0 Å². The van der Waals surface area contributed by atoms with Crippen LogP contribution in [0, 0.1) is 0 Å². The fourth-order valence-electron chi connectivity index (χ4n) is 2.52. The number of urea groups is 1. The second kappa shape index (κ2) is 8.73. The Morgan fingerprint density at radius 1 is 1.36 bits per heavy atom. The van der Waals surface area contributed by atoms with Gasteiger partial charge in [-0.1, -0.05) is 19.3 Å². The molecule has 1 fully saturated rings. The highest BCUT2D eigenvalue weighted by Crippen LogP contribution is 2.17. The van der Waals surface area contributed by atoms with E-state index in [1.165, 1.54) is 30.6 Å². The van der Waals surface area contributed by atoms with E-state index < -0.39 is 0 Å². The number of aromatic nitrogens is 1. The van der Waals surface area contributed by atoms with Crippen LogP contribution in [0.25, 0.3) is 0 Å². The zero-order valence-corrected chi connectivity index (χ0v) is 13.8. The summed E-state index contributed by atoms with van der Waals surface area (Å²) in [5.74, 6) is -0.146. The molecule has 0 aliphatic heterocycles. The number of hydrogen-bond donors (Lipinski definition) is 2. The van der Waals surface area contributed by atoms with Crippen molar-refractivity contribution in [2.24, 2.45) is 12.0 Å². The van der Waals surface area contributed by atoms with Crippen LogP contribution in [0.5, 0.6) is 0 Å². The number of aryl methyl sites for hydroxylation is 1. The molecule has 2 N–H and O–H groups in total. The third-order valence-corrected chi connectivity index (χ3v) is 4.62. The summed E-state index contributed by atoms with van der Waals surface area (Å²) in [5.41, 5.74) is 0. The molecule has 22 heavy (non-hydrogen) atoms. The number of amides is 3. The Hall–Kier alpha value is -1.63. The van der Waals surface area contributed by atoms with Gasteiger partial charge in [-0.15, -0.1) is 11.3 Å². The van der Waals surface area contributed by atoms with Gasteiger partial charge in [0, 0.05) is 37.6 Å². The zero-order valence-electron chi connectivity index (χ0n) is 13.0. The first-order chi connectivity index (χ1) is 10.6. The monoisotopic (exact) mass is 324 g/mol. The second-order valence-corrected chi connectivity index (χ2v) is 6.51. The first-order valence-corrected chi connectivity index (χ1v) is 8.75. The average Bonchev–Trinajstić information content (AvgIpc) is 2.90. The molecule has 1 aromatic heterocycles.